The topological polar surface area (TPSA) is 71.4 Å². The molecule has 0 heterocycles. The van der Waals surface area contributed by atoms with Gasteiger partial charge in [0.05, 0.1) is 23.7 Å². The van der Waals surface area contributed by atoms with E-state index >= 15 is 0 Å². The van der Waals surface area contributed by atoms with E-state index in [0.717, 1.165) is 36.4 Å². The van der Waals surface area contributed by atoms with Crippen molar-refractivity contribution in [2.75, 3.05) is 12.8 Å². The summed E-state index contributed by atoms with van der Waals surface area (Å²) in [4.78, 5) is 0. The Bertz CT molecular complexity index is 876. The summed E-state index contributed by atoms with van der Waals surface area (Å²) in [6.07, 6.45) is -10.0. The molecular weight excluding hydrogens is 425 g/mol. The molecule has 12 heteroatoms. The molecule has 0 aliphatic heterocycles. The smallest absolute Gasteiger partial charge is 0.415 e. The molecule has 0 aromatic heterocycles. The first kappa shape index (κ1) is 22.6. The van der Waals surface area contributed by atoms with Crippen LogP contribution in [0, 0.1) is 11.3 Å². The van der Waals surface area contributed by atoms with Crippen molar-refractivity contribution in [3.8, 4) is 17.6 Å². The Hall–Kier alpha value is -2.70. The van der Waals surface area contributed by atoms with Crippen LogP contribution < -0.4 is 14.4 Å². The molecule has 0 saturated carbocycles. The molecule has 156 valence electrons. The summed E-state index contributed by atoms with van der Waals surface area (Å²) in [7, 11) is -4.33. The third kappa shape index (κ3) is 6.69. The van der Waals surface area contributed by atoms with Gasteiger partial charge in [-0.2, -0.15) is 31.6 Å². The summed E-state index contributed by atoms with van der Waals surface area (Å²) in [5.74, 6) is -0.928. The molecule has 0 unspecified atom stereocenters. The number of hydrogen-bond donors (Lipinski definition) is 1. The van der Waals surface area contributed by atoms with Crippen molar-refractivity contribution < 1.29 is 40.0 Å². The van der Waals surface area contributed by atoms with Gasteiger partial charge in [-0.15, -0.1) is 0 Å². The lowest BCUT2D eigenvalue weighted by atomic mass is 10.2. The molecule has 0 bridgehead atoms. The lowest BCUT2D eigenvalue weighted by Crippen LogP contribution is -2.20. The van der Waals surface area contributed by atoms with Crippen molar-refractivity contribution in [3.63, 3.8) is 0 Å². The Morgan fingerprint density at radius 1 is 0.897 bits per heavy atom. The van der Waals surface area contributed by atoms with Crippen LogP contribution in [0.2, 0.25) is 0 Å². The van der Waals surface area contributed by atoms with Crippen molar-refractivity contribution in [3.05, 3.63) is 59.7 Å². The third-order valence-corrected chi connectivity index (χ3v) is 4.91. The number of nitrogens with one attached hydrogen (secondary N) is 1. The van der Waals surface area contributed by atoms with Crippen molar-refractivity contribution >= 4 is 7.60 Å². The third-order valence-electron chi connectivity index (χ3n) is 3.32. The summed E-state index contributed by atoms with van der Waals surface area (Å²) in [5.41, 5.74) is -2.16. The number of nitriles is 1. The van der Waals surface area contributed by atoms with Gasteiger partial charge in [-0.25, -0.2) is 4.57 Å². The maximum Gasteiger partial charge on any atom is 0.444 e. The van der Waals surface area contributed by atoms with Gasteiger partial charge in [-0.1, -0.05) is 12.1 Å². The van der Waals surface area contributed by atoms with E-state index in [0.29, 0.717) is 12.1 Å². The van der Waals surface area contributed by atoms with Gasteiger partial charge >= 0.3 is 19.9 Å². The Labute approximate surface area is 161 Å². The van der Waals surface area contributed by atoms with Gasteiger partial charge in [0.1, 0.15) is 17.8 Å². The first-order valence-corrected chi connectivity index (χ1v) is 9.56. The minimum Gasteiger partial charge on any atom is -0.415 e. The summed E-state index contributed by atoms with van der Waals surface area (Å²) in [5, 5.41) is 10.9. The van der Waals surface area contributed by atoms with Crippen LogP contribution in [0.1, 0.15) is 11.1 Å². The van der Waals surface area contributed by atoms with Gasteiger partial charge in [0.2, 0.25) is 0 Å². The van der Waals surface area contributed by atoms with Gasteiger partial charge in [0.15, 0.2) is 0 Å². The molecule has 0 spiro atoms. The number of halogens is 6. The zero-order valence-corrected chi connectivity index (χ0v) is 15.3. The molecule has 0 fully saturated rings. The number of hydrogen-bond acceptors (Lipinski definition) is 5. The summed E-state index contributed by atoms with van der Waals surface area (Å²) < 4.78 is 100. The van der Waals surface area contributed by atoms with E-state index < -0.39 is 48.9 Å². The van der Waals surface area contributed by atoms with Crippen molar-refractivity contribution in [2.45, 2.75) is 12.4 Å². The molecule has 0 aliphatic carbocycles. The minimum atomic E-state index is -4.69. The molecule has 29 heavy (non-hydrogen) atoms. The monoisotopic (exact) mass is 438 g/mol. The van der Waals surface area contributed by atoms with Crippen LogP contribution in [-0.4, -0.2) is 12.8 Å². The average Bonchev–Trinajstić information content (AvgIpc) is 2.61. The Kier molecular flexibility index (Phi) is 6.82. The Morgan fingerprint density at radius 2 is 1.34 bits per heavy atom. The van der Waals surface area contributed by atoms with Crippen molar-refractivity contribution in [1.82, 2.24) is 5.32 Å². The molecule has 2 aromatic carbocycles. The fourth-order valence-corrected chi connectivity index (χ4v) is 3.53. The van der Waals surface area contributed by atoms with Crippen molar-refractivity contribution in [2.24, 2.45) is 0 Å². The molecule has 2 aromatic rings. The predicted molar refractivity (Wildman–Crippen MR) is 90.2 cm³/mol. The molecule has 1 N–H and O–H groups in total. The van der Waals surface area contributed by atoms with E-state index in [9.17, 15) is 30.9 Å². The standard InChI is InChI=1S/C17H13F6N2O3P/c18-16(19,20)12-3-1-5-14(9-12)27-29(26,11-25-8-7-24)28-15-6-2-4-13(10-15)17(21,22)23/h1-6,9-10,25H,8,11H2. The van der Waals surface area contributed by atoms with Gasteiger partial charge in [0.25, 0.3) is 0 Å². The molecule has 2 rings (SSSR count). The predicted octanol–water partition coefficient (Wildman–Crippen LogP) is 5.45. The lowest BCUT2D eigenvalue weighted by Gasteiger charge is -2.21. The highest BCUT2D eigenvalue weighted by atomic mass is 31.2. The van der Waals surface area contributed by atoms with Crippen LogP contribution in [0.3, 0.4) is 0 Å². The van der Waals surface area contributed by atoms with Gasteiger partial charge in [-0.05, 0) is 36.4 Å². The molecule has 0 radical (unpaired) electrons. The van der Waals surface area contributed by atoms with Crippen molar-refractivity contribution in [1.29, 1.82) is 5.26 Å². The number of rotatable bonds is 7. The van der Waals surface area contributed by atoms with E-state index in [1.165, 1.54) is 0 Å². The van der Waals surface area contributed by atoms with Crippen LogP contribution in [0.25, 0.3) is 0 Å². The summed E-state index contributed by atoms with van der Waals surface area (Å²) >= 11 is 0. The highest BCUT2D eigenvalue weighted by molar-refractivity contribution is 7.54. The maximum atomic E-state index is 13.0. The Balaban J connectivity index is 2.32. The van der Waals surface area contributed by atoms with E-state index in [1.807, 2.05) is 0 Å². The zero-order valence-electron chi connectivity index (χ0n) is 14.4. The van der Waals surface area contributed by atoms with Crippen LogP contribution >= 0.6 is 7.60 Å². The molecule has 0 atom stereocenters. The van der Waals surface area contributed by atoms with Gasteiger partial charge in [-0.3, -0.25) is 5.32 Å². The SMILES string of the molecule is N#CCNCP(=O)(Oc1cccc(C(F)(F)F)c1)Oc1cccc(C(F)(F)F)c1. The molecule has 0 saturated heterocycles. The van der Waals surface area contributed by atoms with Crippen LogP contribution in [0.4, 0.5) is 26.3 Å². The number of benzene rings is 2. The number of nitrogens with zero attached hydrogens (tertiary/aromatic N) is 1. The van der Waals surface area contributed by atoms with Crippen LogP contribution in [0.15, 0.2) is 48.5 Å². The van der Waals surface area contributed by atoms with Crippen LogP contribution in [-0.2, 0) is 16.9 Å². The lowest BCUT2D eigenvalue weighted by molar-refractivity contribution is -0.138. The highest BCUT2D eigenvalue weighted by Gasteiger charge is 2.34. The zero-order chi connectivity index (χ0) is 21.7. The highest BCUT2D eigenvalue weighted by Crippen LogP contribution is 2.48. The second kappa shape index (κ2) is 8.76. The largest absolute Gasteiger partial charge is 0.444 e. The van der Waals surface area contributed by atoms with E-state index in [4.69, 9.17) is 14.3 Å². The first-order valence-electron chi connectivity index (χ1n) is 7.83. The van der Waals surface area contributed by atoms with E-state index in [2.05, 4.69) is 5.32 Å². The summed E-state index contributed by atoms with van der Waals surface area (Å²) in [6, 6.07) is 8.55. The average molecular weight is 438 g/mol. The minimum absolute atomic E-state index is 0.304. The first-order chi connectivity index (χ1) is 13.4. The fourth-order valence-electron chi connectivity index (χ4n) is 2.11. The van der Waals surface area contributed by atoms with Gasteiger partial charge in [0, 0.05) is 0 Å². The second-order valence-electron chi connectivity index (χ2n) is 5.59. The van der Waals surface area contributed by atoms with E-state index in [1.54, 1.807) is 6.07 Å². The normalized spacial score (nSPS) is 12.3. The molecule has 5 nitrogen and oxygen atoms in total. The quantitative estimate of drug-likeness (QED) is 0.270. The molecular formula is C17H13F6N2O3P. The van der Waals surface area contributed by atoms with Gasteiger partial charge < -0.3 is 9.05 Å². The second-order valence-corrected chi connectivity index (χ2v) is 7.49. The van der Waals surface area contributed by atoms with E-state index in [-0.39, 0.29) is 6.54 Å². The molecule has 0 aliphatic rings. The molecule has 0 amide bonds. The fraction of sp³-hybridized carbons (Fsp3) is 0.235. The number of alkyl halides is 6. The van der Waals surface area contributed by atoms with Crippen LogP contribution in [0.5, 0.6) is 11.5 Å². The summed E-state index contributed by atoms with van der Waals surface area (Å²) in [6.45, 7) is -0.304. The Morgan fingerprint density at radius 3 is 1.72 bits per heavy atom. The maximum absolute atomic E-state index is 13.0.